The number of halogens is 3. The van der Waals surface area contributed by atoms with E-state index in [0.717, 1.165) is 6.07 Å². The number of pyridine rings is 1. The Kier molecular flexibility index (Phi) is 2.38. The van der Waals surface area contributed by atoms with Crippen molar-refractivity contribution in [3.63, 3.8) is 0 Å². The number of aromatic nitrogens is 4. The molecular weight excluding hydrogens is 257 g/mol. The van der Waals surface area contributed by atoms with Crippen LogP contribution < -0.4 is 0 Å². The monoisotopic (exact) mass is 266 g/mol. The highest BCUT2D eigenvalue weighted by atomic mass is 19.4. The van der Waals surface area contributed by atoms with Crippen molar-refractivity contribution in [2.75, 3.05) is 0 Å². The Morgan fingerprint density at radius 1 is 1.16 bits per heavy atom. The highest BCUT2D eigenvalue weighted by molar-refractivity contribution is 5.66. The number of hydrogen-bond donors (Lipinski definition) is 0. The number of fused-ring (bicyclic) bond motifs is 1. The van der Waals surface area contributed by atoms with Crippen molar-refractivity contribution in [2.24, 2.45) is 7.05 Å². The van der Waals surface area contributed by atoms with Gasteiger partial charge in [0.15, 0.2) is 0 Å². The minimum Gasteiger partial charge on any atom is -0.306 e. The van der Waals surface area contributed by atoms with E-state index in [0.29, 0.717) is 11.1 Å². The number of alkyl halides is 3. The van der Waals surface area contributed by atoms with Crippen LogP contribution in [0, 0.1) is 0 Å². The van der Waals surface area contributed by atoms with Crippen LogP contribution in [-0.4, -0.2) is 19.2 Å². The second kappa shape index (κ2) is 3.84. The molecule has 0 aliphatic rings. The topological polar surface area (TPSA) is 35.1 Å². The van der Waals surface area contributed by atoms with Crippen LogP contribution in [0.5, 0.6) is 0 Å². The second-order valence-electron chi connectivity index (χ2n) is 4.20. The molecule has 0 unspecified atom stereocenters. The molecule has 0 fully saturated rings. The molecule has 0 aliphatic heterocycles. The summed E-state index contributed by atoms with van der Waals surface area (Å²) in [6, 6.07) is 1.10. The number of rotatable bonds is 1. The van der Waals surface area contributed by atoms with E-state index in [-0.39, 0.29) is 5.65 Å². The quantitative estimate of drug-likeness (QED) is 0.679. The molecule has 0 amide bonds. The molecule has 0 bridgehead atoms. The van der Waals surface area contributed by atoms with Crippen molar-refractivity contribution in [1.82, 2.24) is 19.2 Å². The SMILES string of the molecule is Cn1cc(-c2cc(C(F)(F)F)c3nccn3c2)cn1. The Hall–Kier alpha value is -2.31. The maximum Gasteiger partial charge on any atom is 0.420 e. The van der Waals surface area contributed by atoms with E-state index in [2.05, 4.69) is 10.1 Å². The fraction of sp³-hybridized carbons (Fsp3) is 0.167. The molecule has 0 saturated heterocycles. The third kappa shape index (κ3) is 1.96. The van der Waals surface area contributed by atoms with Crippen molar-refractivity contribution in [3.8, 4) is 11.1 Å². The smallest absolute Gasteiger partial charge is 0.306 e. The summed E-state index contributed by atoms with van der Waals surface area (Å²) < 4.78 is 42.0. The number of imidazole rings is 1. The van der Waals surface area contributed by atoms with Crippen LogP contribution in [0.2, 0.25) is 0 Å². The molecular formula is C12H9F3N4. The first-order valence-electron chi connectivity index (χ1n) is 5.48. The van der Waals surface area contributed by atoms with Crippen molar-refractivity contribution in [3.05, 3.63) is 42.6 Å². The first kappa shape index (κ1) is 11.8. The second-order valence-corrected chi connectivity index (χ2v) is 4.20. The largest absolute Gasteiger partial charge is 0.420 e. The van der Waals surface area contributed by atoms with E-state index >= 15 is 0 Å². The molecule has 3 rings (SSSR count). The molecule has 0 radical (unpaired) electrons. The first-order chi connectivity index (χ1) is 8.95. The van der Waals surface area contributed by atoms with Gasteiger partial charge in [0.1, 0.15) is 5.65 Å². The summed E-state index contributed by atoms with van der Waals surface area (Å²) in [5.41, 5.74) is 0.230. The van der Waals surface area contributed by atoms with Gasteiger partial charge < -0.3 is 4.40 Å². The van der Waals surface area contributed by atoms with Gasteiger partial charge in [-0.25, -0.2) is 4.98 Å². The molecule has 7 heteroatoms. The number of aryl methyl sites for hydroxylation is 1. The molecule has 3 aromatic heterocycles. The molecule has 19 heavy (non-hydrogen) atoms. The van der Waals surface area contributed by atoms with Crippen molar-refractivity contribution < 1.29 is 13.2 Å². The van der Waals surface area contributed by atoms with Crippen LogP contribution in [0.25, 0.3) is 16.8 Å². The van der Waals surface area contributed by atoms with Gasteiger partial charge in [0.05, 0.1) is 11.8 Å². The first-order valence-corrected chi connectivity index (χ1v) is 5.48. The Bertz CT molecular complexity index is 739. The van der Waals surface area contributed by atoms with Gasteiger partial charge in [-0.1, -0.05) is 0 Å². The Morgan fingerprint density at radius 3 is 2.58 bits per heavy atom. The lowest BCUT2D eigenvalue weighted by molar-refractivity contribution is -0.136. The molecule has 0 saturated carbocycles. The van der Waals surface area contributed by atoms with Crippen LogP contribution in [0.15, 0.2) is 37.1 Å². The van der Waals surface area contributed by atoms with Crippen molar-refractivity contribution in [2.45, 2.75) is 6.18 Å². The van der Waals surface area contributed by atoms with E-state index in [9.17, 15) is 13.2 Å². The predicted octanol–water partition coefficient (Wildman–Crippen LogP) is 2.75. The third-order valence-corrected chi connectivity index (χ3v) is 2.83. The van der Waals surface area contributed by atoms with Crippen LogP contribution in [-0.2, 0) is 13.2 Å². The van der Waals surface area contributed by atoms with Gasteiger partial charge >= 0.3 is 6.18 Å². The Morgan fingerprint density at radius 2 is 1.95 bits per heavy atom. The van der Waals surface area contributed by atoms with E-state index in [1.165, 1.54) is 23.0 Å². The predicted molar refractivity (Wildman–Crippen MR) is 62.4 cm³/mol. The summed E-state index contributed by atoms with van der Waals surface area (Å²) in [5, 5.41) is 3.96. The third-order valence-electron chi connectivity index (χ3n) is 2.83. The summed E-state index contributed by atoms with van der Waals surface area (Å²) in [7, 11) is 1.71. The van der Waals surface area contributed by atoms with E-state index < -0.39 is 11.7 Å². The summed E-state index contributed by atoms with van der Waals surface area (Å²) in [4.78, 5) is 3.75. The zero-order valence-electron chi connectivity index (χ0n) is 9.89. The zero-order valence-corrected chi connectivity index (χ0v) is 9.89. The van der Waals surface area contributed by atoms with Crippen LogP contribution in [0.3, 0.4) is 0 Å². The van der Waals surface area contributed by atoms with E-state index in [1.807, 2.05) is 0 Å². The van der Waals surface area contributed by atoms with Crippen LogP contribution in [0.1, 0.15) is 5.56 Å². The van der Waals surface area contributed by atoms with E-state index in [1.54, 1.807) is 24.1 Å². The number of hydrogen-bond acceptors (Lipinski definition) is 2. The molecule has 0 spiro atoms. The lowest BCUT2D eigenvalue weighted by atomic mass is 10.1. The minimum atomic E-state index is -4.44. The molecule has 0 N–H and O–H groups in total. The van der Waals surface area contributed by atoms with Gasteiger partial charge in [0.25, 0.3) is 0 Å². The van der Waals surface area contributed by atoms with Crippen molar-refractivity contribution in [1.29, 1.82) is 0 Å². The van der Waals surface area contributed by atoms with Gasteiger partial charge in [-0.3, -0.25) is 4.68 Å². The molecule has 4 nitrogen and oxygen atoms in total. The highest BCUT2D eigenvalue weighted by Gasteiger charge is 2.34. The van der Waals surface area contributed by atoms with Gasteiger partial charge in [0, 0.05) is 43.0 Å². The normalized spacial score (nSPS) is 12.2. The summed E-state index contributed by atoms with van der Waals surface area (Å²) in [5.74, 6) is 0. The average molecular weight is 266 g/mol. The van der Waals surface area contributed by atoms with Gasteiger partial charge in [-0.05, 0) is 6.07 Å². The van der Waals surface area contributed by atoms with Crippen molar-refractivity contribution >= 4 is 5.65 Å². The minimum absolute atomic E-state index is 0.0971. The molecule has 0 atom stereocenters. The Balaban J connectivity index is 2.27. The summed E-state index contributed by atoms with van der Waals surface area (Å²) in [6.07, 6.45) is 3.19. The lowest BCUT2D eigenvalue weighted by Gasteiger charge is -2.10. The zero-order chi connectivity index (χ0) is 13.6. The molecule has 3 heterocycles. The fourth-order valence-corrected chi connectivity index (χ4v) is 1.97. The maximum atomic E-state index is 13.0. The molecule has 0 aliphatic carbocycles. The molecule has 3 aromatic rings. The van der Waals surface area contributed by atoms with Crippen LogP contribution >= 0.6 is 0 Å². The fourth-order valence-electron chi connectivity index (χ4n) is 1.97. The lowest BCUT2D eigenvalue weighted by Crippen LogP contribution is -2.08. The van der Waals surface area contributed by atoms with Gasteiger partial charge in [0.2, 0.25) is 0 Å². The van der Waals surface area contributed by atoms with Gasteiger partial charge in [-0.2, -0.15) is 18.3 Å². The highest BCUT2D eigenvalue weighted by Crippen LogP contribution is 2.34. The average Bonchev–Trinajstić information content (AvgIpc) is 2.94. The summed E-state index contributed by atoms with van der Waals surface area (Å²) >= 11 is 0. The molecule has 0 aromatic carbocycles. The van der Waals surface area contributed by atoms with Gasteiger partial charge in [-0.15, -0.1) is 0 Å². The molecule has 98 valence electrons. The van der Waals surface area contributed by atoms with E-state index in [4.69, 9.17) is 0 Å². The standard InChI is InChI=1S/C12H9F3N4/c1-18-6-9(5-17-18)8-4-10(12(13,14)15)11-16-2-3-19(11)7-8/h2-7H,1H3. The summed E-state index contributed by atoms with van der Waals surface area (Å²) in [6.45, 7) is 0. The Labute approximate surface area is 106 Å². The van der Waals surface area contributed by atoms with Crippen LogP contribution in [0.4, 0.5) is 13.2 Å². The number of nitrogens with zero attached hydrogens (tertiary/aromatic N) is 4. The maximum absolute atomic E-state index is 13.0.